The third-order valence-corrected chi connectivity index (χ3v) is 3.48. The highest BCUT2D eigenvalue weighted by atomic mass is 15.1. The van der Waals surface area contributed by atoms with E-state index >= 15 is 0 Å². The predicted octanol–water partition coefficient (Wildman–Crippen LogP) is 2.30. The third-order valence-electron chi connectivity index (χ3n) is 3.48. The van der Waals surface area contributed by atoms with E-state index in [0.29, 0.717) is 6.04 Å². The molecule has 4 nitrogen and oxygen atoms in total. The molecule has 1 aromatic heterocycles. The highest BCUT2D eigenvalue weighted by molar-refractivity contribution is 5.76. The summed E-state index contributed by atoms with van der Waals surface area (Å²) in [5.74, 6) is 0. The smallest absolute Gasteiger partial charge is 0.0955 e. The molecule has 1 aromatic carbocycles. The number of rotatable bonds is 4. The number of nitrogens with two attached hydrogens (primary N) is 1. The zero-order chi connectivity index (χ0) is 14.2. The predicted molar refractivity (Wildman–Crippen MR) is 80.0 cm³/mol. The second-order valence-electron chi connectivity index (χ2n) is 6.28. The molecule has 19 heavy (non-hydrogen) atoms. The Balaban J connectivity index is 2.39. The van der Waals surface area contributed by atoms with E-state index in [0.717, 1.165) is 17.5 Å². The van der Waals surface area contributed by atoms with Gasteiger partial charge in [0.25, 0.3) is 0 Å². The first-order valence-corrected chi connectivity index (χ1v) is 6.64. The molecule has 1 unspecified atom stereocenters. The lowest BCUT2D eigenvalue weighted by Gasteiger charge is -2.31. The molecule has 0 aliphatic rings. The largest absolute Gasteiger partial charge is 0.334 e. The SMILES string of the molecule is CN(C)C(CC(C)(C)N)c1ccc2c(c1)ncn2C. The summed E-state index contributed by atoms with van der Waals surface area (Å²) >= 11 is 0. The van der Waals surface area contributed by atoms with Crippen molar-refractivity contribution in [3.8, 4) is 0 Å². The maximum atomic E-state index is 6.18. The first-order chi connectivity index (χ1) is 8.78. The molecule has 1 heterocycles. The maximum Gasteiger partial charge on any atom is 0.0955 e. The van der Waals surface area contributed by atoms with Crippen LogP contribution in [-0.4, -0.2) is 34.1 Å². The van der Waals surface area contributed by atoms with Crippen LogP contribution in [0, 0.1) is 0 Å². The summed E-state index contributed by atoms with van der Waals surface area (Å²) in [6.45, 7) is 4.14. The molecule has 0 aliphatic heterocycles. The molecule has 4 heteroatoms. The zero-order valence-electron chi connectivity index (χ0n) is 12.5. The van der Waals surface area contributed by atoms with Gasteiger partial charge in [-0.15, -0.1) is 0 Å². The number of fused-ring (bicyclic) bond motifs is 1. The zero-order valence-corrected chi connectivity index (χ0v) is 12.5. The summed E-state index contributed by atoms with van der Waals surface area (Å²) in [7, 11) is 6.21. The normalized spacial score (nSPS) is 14.3. The van der Waals surface area contributed by atoms with Gasteiger partial charge in [-0.2, -0.15) is 0 Å². The second kappa shape index (κ2) is 4.94. The minimum Gasteiger partial charge on any atom is -0.334 e. The standard InChI is InChI=1S/C15H24N4/c1-15(2,16)9-14(18(3)4)11-6-7-13-12(8-11)17-10-19(13)5/h6-8,10,14H,9,16H2,1-5H3. The first-order valence-electron chi connectivity index (χ1n) is 6.64. The number of benzene rings is 1. The van der Waals surface area contributed by atoms with Gasteiger partial charge in [-0.1, -0.05) is 6.07 Å². The van der Waals surface area contributed by atoms with Crippen molar-refractivity contribution in [2.24, 2.45) is 12.8 Å². The Morgan fingerprint density at radius 2 is 2.05 bits per heavy atom. The summed E-state index contributed by atoms with van der Waals surface area (Å²) in [6, 6.07) is 6.80. The number of imidazole rings is 1. The number of hydrogen-bond donors (Lipinski definition) is 1. The van der Waals surface area contributed by atoms with Gasteiger partial charge in [0.1, 0.15) is 0 Å². The van der Waals surface area contributed by atoms with Gasteiger partial charge in [0.15, 0.2) is 0 Å². The molecule has 0 spiro atoms. The van der Waals surface area contributed by atoms with Gasteiger partial charge in [-0.05, 0) is 52.1 Å². The van der Waals surface area contributed by atoms with Gasteiger partial charge in [-0.25, -0.2) is 4.98 Å². The van der Waals surface area contributed by atoms with Crippen molar-refractivity contribution in [1.82, 2.24) is 14.5 Å². The van der Waals surface area contributed by atoms with Gasteiger partial charge >= 0.3 is 0 Å². The number of nitrogens with zero attached hydrogens (tertiary/aromatic N) is 3. The Bertz CT molecular complexity index is 563. The van der Waals surface area contributed by atoms with Crippen LogP contribution in [0.5, 0.6) is 0 Å². The van der Waals surface area contributed by atoms with Crippen molar-refractivity contribution in [3.05, 3.63) is 30.1 Å². The molecular weight excluding hydrogens is 236 g/mol. The minimum atomic E-state index is -0.186. The second-order valence-corrected chi connectivity index (χ2v) is 6.28. The summed E-state index contributed by atoms with van der Waals surface area (Å²) in [5.41, 5.74) is 9.47. The monoisotopic (exact) mass is 260 g/mol. The molecule has 0 amide bonds. The lowest BCUT2D eigenvalue weighted by Crippen LogP contribution is -2.37. The van der Waals surface area contributed by atoms with Crippen molar-refractivity contribution >= 4 is 11.0 Å². The van der Waals surface area contributed by atoms with Crippen LogP contribution >= 0.6 is 0 Å². The fraction of sp³-hybridized carbons (Fsp3) is 0.533. The first kappa shape index (κ1) is 14.0. The molecule has 1 atom stereocenters. The lowest BCUT2D eigenvalue weighted by atomic mass is 9.91. The Morgan fingerprint density at radius 1 is 1.37 bits per heavy atom. The summed E-state index contributed by atoms with van der Waals surface area (Å²) in [6.07, 6.45) is 2.77. The Labute approximate surface area is 115 Å². The Kier molecular flexibility index (Phi) is 3.65. The molecule has 2 N–H and O–H groups in total. The number of aromatic nitrogens is 2. The maximum absolute atomic E-state index is 6.18. The van der Waals surface area contributed by atoms with Crippen molar-refractivity contribution in [2.45, 2.75) is 31.8 Å². The van der Waals surface area contributed by atoms with Crippen LogP contribution < -0.4 is 5.73 Å². The average Bonchev–Trinajstić information content (AvgIpc) is 2.66. The van der Waals surface area contributed by atoms with Crippen LogP contribution in [0.3, 0.4) is 0 Å². The summed E-state index contributed by atoms with van der Waals surface area (Å²) < 4.78 is 2.04. The van der Waals surface area contributed by atoms with E-state index in [1.807, 2.05) is 17.9 Å². The molecular formula is C15H24N4. The highest BCUT2D eigenvalue weighted by Gasteiger charge is 2.22. The van der Waals surface area contributed by atoms with Crippen molar-refractivity contribution in [3.63, 3.8) is 0 Å². The van der Waals surface area contributed by atoms with E-state index in [1.165, 1.54) is 5.56 Å². The van der Waals surface area contributed by atoms with Gasteiger partial charge in [0.2, 0.25) is 0 Å². The molecule has 2 rings (SSSR count). The quantitative estimate of drug-likeness (QED) is 0.917. The van der Waals surface area contributed by atoms with Gasteiger partial charge < -0.3 is 15.2 Å². The molecule has 0 bridgehead atoms. The van der Waals surface area contributed by atoms with E-state index in [9.17, 15) is 0 Å². The minimum absolute atomic E-state index is 0.186. The number of hydrogen-bond acceptors (Lipinski definition) is 3. The molecule has 2 aromatic rings. The highest BCUT2D eigenvalue weighted by Crippen LogP contribution is 2.28. The van der Waals surface area contributed by atoms with Crippen LogP contribution in [-0.2, 0) is 7.05 Å². The van der Waals surface area contributed by atoms with Crippen molar-refractivity contribution < 1.29 is 0 Å². The molecule has 0 saturated carbocycles. The molecule has 0 fully saturated rings. The Morgan fingerprint density at radius 3 is 2.63 bits per heavy atom. The summed E-state index contributed by atoms with van der Waals surface area (Å²) in [5, 5.41) is 0. The fourth-order valence-corrected chi connectivity index (χ4v) is 2.46. The van der Waals surface area contributed by atoms with Gasteiger partial charge in [0, 0.05) is 18.6 Å². The average molecular weight is 260 g/mol. The lowest BCUT2D eigenvalue weighted by molar-refractivity contribution is 0.243. The van der Waals surface area contributed by atoms with Crippen LogP contribution in [0.4, 0.5) is 0 Å². The fourth-order valence-electron chi connectivity index (χ4n) is 2.46. The van der Waals surface area contributed by atoms with Gasteiger partial charge in [0.05, 0.1) is 17.4 Å². The molecule has 0 aliphatic carbocycles. The van der Waals surface area contributed by atoms with E-state index in [-0.39, 0.29) is 5.54 Å². The van der Waals surface area contributed by atoms with Crippen molar-refractivity contribution in [1.29, 1.82) is 0 Å². The van der Waals surface area contributed by atoms with Crippen LogP contribution in [0.15, 0.2) is 24.5 Å². The molecule has 0 radical (unpaired) electrons. The number of aryl methyl sites for hydroxylation is 1. The van der Waals surface area contributed by atoms with E-state index in [2.05, 4.69) is 56.0 Å². The Hall–Kier alpha value is -1.39. The van der Waals surface area contributed by atoms with E-state index in [1.54, 1.807) is 0 Å². The molecule has 104 valence electrons. The molecule has 0 saturated heterocycles. The van der Waals surface area contributed by atoms with Gasteiger partial charge in [-0.3, -0.25) is 0 Å². The van der Waals surface area contributed by atoms with Crippen molar-refractivity contribution in [2.75, 3.05) is 14.1 Å². The van der Waals surface area contributed by atoms with Crippen LogP contribution in [0.1, 0.15) is 31.9 Å². The summed E-state index contributed by atoms with van der Waals surface area (Å²) in [4.78, 5) is 6.65. The topological polar surface area (TPSA) is 47.1 Å². The van der Waals surface area contributed by atoms with Crippen LogP contribution in [0.2, 0.25) is 0 Å². The third kappa shape index (κ3) is 3.14. The van der Waals surface area contributed by atoms with E-state index in [4.69, 9.17) is 5.73 Å². The van der Waals surface area contributed by atoms with E-state index < -0.39 is 0 Å². The van der Waals surface area contributed by atoms with Crippen LogP contribution in [0.25, 0.3) is 11.0 Å².